The molecule has 188 valence electrons. The van der Waals surface area contributed by atoms with Gasteiger partial charge in [0, 0.05) is 6.42 Å². The van der Waals surface area contributed by atoms with Crippen molar-refractivity contribution in [3.05, 3.63) is 12.2 Å². The summed E-state index contributed by atoms with van der Waals surface area (Å²) in [6, 6.07) is 0. The van der Waals surface area contributed by atoms with E-state index in [0.29, 0.717) is 10.9 Å². The predicted molar refractivity (Wildman–Crippen MR) is 135 cm³/mol. The molecule has 0 spiro atoms. The Morgan fingerprint density at radius 2 is 1.53 bits per heavy atom. The second kappa shape index (κ2) is 17.8. The highest BCUT2D eigenvalue weighted by Crippen LogP contribution is 2.21. The number of aliphatic hydroxyl groups excluding tert-OH is 1. The topological polar surface area (TPSA) is 74.6 Å². The van der Waals surface area contributed by atoms with Crippen molar-refractivity contribution in [2.24, 2.45) is 5.92 Å². The third-order valence-electron chi connectivity index (χ3n) is 5.53. The summed E-state index contributed by atoms with van der Waals surface area (Å²) >= 11 is 12.8. The van der Waals surface area contributed by atoms with E-state index in [1.807, 2.05) is 21.1 Å². The van der Waals surface area contributed by atoms with Gasteiger partial charge in [-0.2, -0.15) is 0 Å². The van der Waals surface area contributed by atoms with E-state index in [9.17, 15) is 19.8 Å². The molecule has 0 radical (unpaired) electrons. The van der Waals surface area contributed by atoms with Crippen molar-refractivity contribution in [3.8, 4) is 0 Å². The van der Waals surface area contributed by atoms with E-state index in [4.69, 9.17) is 23.2 Å². The van der Waals surface area contributed by atoms with Crippen molar-refractivity contribution in [2.75, 3.05) is 27.7 Å². The SMILES string of the molecule is CCCCC/C=C\C[C@H](Cl)[C@H](Cl)CCCCCCCC(=O)[C@H](C(=O)O)[C@@H](O)C[N+](C)(C)C. The highest BCUT2D eigenvalue weighted by molar-refractivity contribution is 6.30. The summed E-state index contributed by atoms with van der Waals surface area (Å²) in [5.74, 6) is -2.96. The number of carboxylic acid groups (broad SMARTS) is 1. The van der Waals surface area contributed by atoms with Crippen molar-refractivity contribution in [1.29, 1.82) is 0 Å². The third kappa shape index (κ3) is 16.1. The number of quaternary nitrogens is 1. The summed E-state index contributed by atoms with van der Waals surface area (Å²) in [5, 5.41) is 19.5. The van der Waals surface area contributed by atoms with Crippen molar-refractivity contribution in [2.45, 2.75) is 101 Å². The number of nitrogens with zero attached hydrogens (tertiary/aromatic N) is 1. The van der Waals surface area contributed by atoms with Gasteiger partial charge in [-0.1, -0.05) is 57.6 Å². The molecule has 0 heterocycles. The van der Waals surface area contributed by atoms with Crippen LogP contribution in [0.2, 0.25) is 0 Å². The molecule has 0 saturated heterocycles. The smallest absolute Gasteiger partial charge is 0.316 e. The van der Waals surface area contributed by atoms with Gasteiger partial charge in [0.2, 0.25) is 0 Å². The molecule has 0 aliphatic carbocycles. The molecule has 0 aliphatic heterocycles. The molecule has 4 atom stereocenters. The first kappa shape index (κ1) is 31.4. The van der Waals surface area contributed by atoms with E-state index >= 15 is 0 Å². The Balaban J connectivity index is 4.01. The Morgan fingerprint density at radius 3 is 2.12 bits per heavy atom. The van der Waals surface area contributed by atoms with Crippen LogP contribution in [-0.4, -0.2) is 71.0 Å². The van der Waals surface area contributed by atoms with Crippen LogP contribution < -0.4 is 0 Å². The number of hydrogen-bond donors (Lipinski definition) is 2. The van der Waals surface area contributed by atoms with Crippen LogP contribution in [0, 0.1) is 5.92 Å². The zero-order valence-corrected chi connectivity index (χ0v) is 22.1. The molecule has 0 fully saturated rings. The number of aliphatic carboxylic acids is 1. The molecular formula is C25H46Cl2NO4+. The number of hydrogen-bond acceptors (Lipinski definition) is 3. The lowest BCUT2D eigenvalue weighted by molar-refractivity contribution is -0.873. The lowest BCUT2D eigenvalue weighted by Gasteiger charge is -2.28. The molecule has 0 saturated carbocycles. The van der Waals surface area contributed by atoms with Crippen LogP contribution in [-0.2, 0) is 9.59 Å². The highest BCUT2D eigenvalue weighted by Gasteiger charge is 2.36. The predicted octanol–water partition coefficient (Wildman–Crippen LogP) is 5.80. The standard InChI is InChI=1S/C25H45Cl2NO4/c1-5-6-7-8-10-13-16-20(26)21(27)17-14-11-9-12-15-18-22(29)24(25(31)32)23(30)19-28(2,3)4/h10,13,20-21,23-24,30H,5-9,11-12,14-19H2,1-4H3/p+1/b13-10-/t20-,21+,23-,24-/m0/s1. The molecule has 0 aromatic heterocycles. The fourth-order valence-electron chi connectivity index (χ4n) is 3.69. The van der Waals surface area contributed by atoms with Crippen LogP contribution in [0.1, 0.15) is 84.0 Å². The number of carbonyl (C=O) groups is 2. The number of ketones is 1. The van der Waals surface area contributed by atoms with Crippen molar-refractivity contribution in [3.63, 3.8) is 0 Å². The Labute approximate surface area is 205 Å². The largest absolute Gasteiger partial charge is 0.481 e. The minimum absolute atomic E-state index is 0.0439. The van der Waals surface area contributed by atoms with Gasteiger partial charge in [-0.05, 0) is 32.1 Å². The van der Waals surface area contributed by atoms with Gasteiger partial charge in [-0.15, -0.1) is 23.2 Å². The minimum atomic E-state index is -1.34. The molecule has 5 nitrogen and oxygen atoms in total. The van der Waals surface area contributed by atoms with Gasteiger partial charge in [0.05, 0.1) is 31.9 Å². The Bertz CT molecular complexity index is 549. The number of carboxylic acids is 1. The zero-order chi connectivity index (χ0) is 24.6. The molecule has 0 amide bonds. The van der Waals surface area contributed by atoms with Crippen molar-refractivity contribution in [1.82, 2.24) is 0 Å². The molecule has 0 rings (SSSR count). The van der Waals surface area contributed by atoms with Crippen LogP contribution in [0.5, 0.6) is 0 Å². The maximum Gasteiger partial charge on any atom is 0.316 e. The quantitative estimate of drug-likeness (QED) is 0.0737. The van der Waals surface area contributed by atoms with Gasteiger partial charge in [-0.25, -0.2) is 0 Å². The number of aliphatic hydroxyl groups is 1. The molecule has 7 heteroatoms. The minimum Gasteiger partial charge on any atom is -0.481 e. The van der Waals surface area contributed by atoms with Gasteiger partial charge in [0.25, 0.3) is 0 Å². The second-order valence-electron chi connectivity index (χ2n) is 9.86. The first-order chi connectivity index (χ1) is 15.0. The monoisotopic (exact) mass is 494 g/mol. The van der Waals surface area contributed by atoms with Crippen LogP contribution in [0.4, 0.5) is 0 Å². The number of unbranched alkanes of at least 4 members (excludes halogenated alkanes) is 7. The average Bonchev–Trinajstić information content (AvgIpc) is 2.67. The molecular weight excluding hydrogens is 449 g/mol. The molecule has 0 aliphatic rings. The summed E-state index contributed by atoms with van der Waals surface area (Å²) in [6.45, 7) is 2.42. The van der Waals surface area contributed by atoms with E-state index in [-0.39, 0.29) is 29.5 Å². The lowest BCUT2D eigenvalue weighted by atomic mass is 9.93. The van der Waals surface area contributed by atoms with E-state index in [2.05, 4.69) is 19.1 Å². The molecule has 32 heavy (non-hydrogen) atoms. The molecule has 0 aromatic carbocycles. The van der Waals surface area contributed by atoms with Crippen LogP contribution >= 0.6 is 23.2 Å². The van der Waals surface area contributed by atoms with Crippen LogP contribution in [0.15, 0.2) is 12.2 Å². The normalized spacial score (nSPS) is 16.1. The number of rotatable bonds is 20. The van der Waals surface area contributed by atoms with E-state index in [0.717, 1.165) is 44.9 Å². The maximum atomic E-state index is 12.3. The first-order valence-electron chi connectivity index (χ1n) is 12.2. The fourth-order valence-corrected chi connectivity index (χ4v) is 4.18. The van der Waals surface area contributed by atoms with Crippen molar-refractivity contribution >= 4 is 35.0 Å². The lowest BCUT2D eigenvalue weighted by Crippen LogP contribution is -2.47. The van der Waals surface area contributed by atoms with Gasteiger partial charge in [-0.3, -0.25) is 9.59 Å². The zero-order valence-electron chi connectivity index (χ0n) is 20.6. The first-order valence-corrected chi connectivity index (χ1v) is 13.0. The number of Topliss-reactive ketones (excluding diaryl/α,β-unsaturated/α-hetero) is 1. The van der Waals surface area contributed by atoms with Crippen LogP contribution in [0.3, 0.4) is 0 Å². The van der Waals surface area contributed by atoms with Gasteiger partial charge >= 0.3 is 5.97 Å². The second-order valence-corrected chi connectivity index (χ2v) is 11.0. The Hall–Kier alpha value is -0.620. The number of halogens is 2. The van der Waals surface area contributed by atoms with Gasteiger partial charge in [0.1, 0.15) is 24.3 Å². The van der Waals surface area contributed by atoms with Gasteiger partial charge in [0.15, 0.2) is 0 Å². The summed E-state index contributed by atoms with van der Waals surface area (Å²) in [6.07, 6.45) is 14.3. The Kier molecular flexibility index (Phi) is 17.5. The summed E-state index contributed by atoms with van der Waals surface area (Å²) in [7, 11) is 5.57. The fraction of sp³-hybridized carbons (Fsp3) is 0.840. The molecule has 2 N–H and O–H groups in total. The molecule has 0 bridgehead atoms. The summed E-state index contributed by atoms with van der Waals surface area (Å²) in [4.78, 5) is 23.8. The Morgan fingerprint density at radius 1 is 0.906 bits per heavy atom. The van der Waals surface area contributed by atoms with E-state index in [1.54, 1.807) is 0 Å². The number of carbonyl (C=O) groups excluding carboxylic acids is 1. The summed E-state index contributed by atoms with van der Waals surface area (Å²) in [5.41, 5.74) is 0. The highest BCUT2D eigenvalue weighted by atomic mass is 35.5. The summed E-state index contributed by atoms with van der Waals surface area (Å²) < 4.78 is 0.401. The average molecular weight is 496 g/mol. The van der Waals surface area contributed by atoms with Gasteiger partial charge < -0.3 is 14.7 Å². The third-order valence-corrected chi connectivity index (χ3v) is 6.66. The maximum absolute atomic E-state index is 12.3. The molecule has 0 unspecified atom stereocenters. The van der Waals surface area contributed by atoms with Crippen LogP contribution in [0.25, 0.3) is 0 Å². The van der Waals surface area contributed by atoms with E-state index < -0.39 is 18.0 Å². The number of alkyl halides is 2. The number of likely N-dealkylation sites (N-methyl/N-ethyl adjacent to an activating group) is 1. The van der Waals surface area contributed by atoms with E-state index in [1.165, 1.54) is 19.3 Å². The molecule has 0 aromatic rings. The number of allylic oxidation sites excluding steroid dienone is 2. The van der Waals surface area contributed by atoms with Crippen molar-refractivity contribution < 1.29 is 24.3 Å².